The van der Waals surface area contributed by atoms with Gasteiger partial charge in [-0.05, 0) is 50.4 Å². The van der Waals surface area contributed by atoms with Gasteiger partial charge in [0.05, 0.1) is 19.2 Å². The third-order valence-electron chi connectivity index (χ3n) is 4.00. The molecule has 0 aromatic heterocycles. The molecular formula is C16H22FNO3. The molecule has 1 aliphatic heterocycles. The van der Waals surface area contributed by atoms with Crippen LogP contribution in [0.5, 0.6) is 5.75 Å². The first kappa shape index (κ1) is 15.9. The first-order valence-electron chi connectivity index (χ1n) is 7.37. The van der Waals surface area contributed by atoms with Gasteiger partial charge in [0.25, 0.3) is 0 Å². The molecule has 0 spiro atoms. The molecule has 0 bridgehead atoms. The summed E-state index contributed by atoms with van der Waals surface area (Å²) in [5, 5.41) is 8.93. The van der Waals surface area contributed by atoms with E-state index in [2.05, 4.69) is 4.90 Å². The van der Waals surface area contributed by atoms with Gasteiger partial charge in [-0.1, -0.05) is 0 Å². The zero-order valence-corrected chi connectivity index (χ0v) is 12.3. The standard InChI is InChI=1S/C16H22FNO3/c1-21-16-7-6-12(17)10-14(16)15(20)11-18-8-2-4-13(18)5-3-9-19/h6-7,10,13,19H,2-5,8-9,11H2,1H3. The largest absolute Gasteiger partial charge is 0.496 e. The van der Waals surface area contributed by atoms with Crippen LogP contribution in [0.3, 0.4) is 0 Å². The fourth-order valence-electron chi connectivity index (χ4n) is 2.92. The Kier molecular flexibility index (Phi) is 5.70. The molecule has 0 aliphatic carbocycles. The first-order valence-corrected chi connectivity index (χ1v) is 7.37. The van der Waals surface area contributed by atoms with Crippen molar-refractivity contribution in [3.63, 3.8) is 0 Å². The first-order chi connectivity index (χ1) is 10.2. The molecule has 1 aliphatic rings. The minimum Gasteiger partial charge on any atom is -0.496 e. The summed E-state index contributed by atoms with van der Waals surface area (Å²) >= 11 is 0. The average molecular weight is 295 g/mol. The lowest BCUT2D eigenvalue weighted by molar-refractivity contribution is 0.0912. The van der Waals surface area contributed by atoms with Crippen molar-refractivity contribution in [1.82, 2.24) is 4.90 Å². The Morgan fingerprint density at radius 2 is 2.33 bits per heavy atom. The van der Waals surface area contributed by atoms with E-state index < -0.39 is 5.82 Å². The van der Waals surface area contributed by atoms with Gasteiger partial charge in [0.1, 0.15) is 11.6 Å². The molecule has 1 heterocycles. The van der Waals surface area contributed by atoms with E-state index in [0.29, 0.717) is 17.4 Å². The molecule has 4 nitrogen and oxygen atoms in total. The molecule has 1 unspecified atom stereocenters. The Morgan fingerprint density at radius 3 is 3.05 bits per heavy atom. The molecule has 0 saturated carbocycles. The molecule has 116 valence electrons. The van der Waals surface area contributed by atoms with Crippen LogP contribution in [0.1, 0.15) is 36.0 Å². The normalized spacial score (nSPS) is 18.9. The quantitative estimate of drug-likeness (QED) is 0.784. The second-order valence-corrected chi connectivity index (χ2v) is 5.40. The van der Waals surface area contributed by atoms with Crippen molar-refractivity contribution in [1.29, 1.82) is 0 Å². The summed E-state index contributed by atoms with van der Waals surface area (Å²) < 4.78 is 18.5. The zero-order chi connectivity index (χ0) is 15.2. The SMILES string of the molecule is COc1ccc(F)cc1C(=O)CN1CCCC1CCCO. The molecular weight excluding hydrogens is 273 g/mol. The summed E-state index contributed by atoms with van der Waals surface area (Å²) in [5.41, 5.74) is 0.297. The number of ether oxygens (including phenoxy) is 1. The predicted octanol–water partition coefficient (Wildman–Crippen LogP) is 2.25. The molecule has 2 rings (SSSR count). The van der Waals surface area contributed by atoms with E-state index >= 15 is 0 Å². The highest BCUT2D eigenvalue weighted by molar-refractivity contribution is 6.00. The highest BCUT2D eigenvalue weighted by atomic mass is 19.1. The van der Waals surface area contributed by atoms with Crippen LogP contribution in [0.4, 0.5) is 4.39 Å². The second kappa shape index (κ2) is 7.52. The summed E-state index contributed by atoms with van der Waals surface area (Å²) in [6.45, 7) is 1.32. The third kappa shape index (κ3) is 4.02. The van der Waals surface area contributed by atoms with E-state index in [-0.39, 0.29) is 18.9 Å². The summed E-state index contributed by atoms with van der Waals surface area (Å²) in [6, 6.07) is 4.34. The Labute approximate surface area is 124 Å². The van der Waals surface area contributed by atoms with Crippen molar-refractivity contribution in [2.75, 3.05) is 26.8 Å². The molecule has 1 N–H and O–H groups in total. The molecule has 0 radical (unpaired) electrons. The maximum absolute atomic E-state index is 13.4. The van der Waals surface area contributed by atoms with Gasteiger partial charge >= 0.3 is 0 Å². The Morgan fingerprint density at radius 1 is 1.52 bits per heavy atom. The van der Waals surface area contributed by atoms with Gasteiger partial charge < -0.3 is 9.84 Å². The Bertz CT molecular complexity index is 492. The molecule has 1 saturated heterocycles. The lowest BCUT2D eigenvalue weighted by Crippen LogP contribution is -2.34. The number of ketones is 1. The predicted molar refractivity (Wildman–Crippen MR) is 78.2 cm³/mol. The van der Waals surface area contributed by atoms with Gasteiger partial charge in [-0.3, -0.25) is 9.69 Å². The summed E-state index contributed by atoms with van der Waals surface area (Å²) in [7, 11) is 1.48. The van der Waals surface area contributed by atoms with Gasteiger partial charge in [0.2, 0.25) is 0 Å². The number of hydrogen-bond donors (Lipinski definition) is 1. The molecule has 5 heteroatoms. The maximum atomic E-state index is 13.4. The van der Waals surface area contributed by atoms with E-state index in [9.17, 15) is 9.18 Å². The van der Waals surface area contributed by atoms with Crippen molar-refractivity contribution in [3.05, 3.63) is 29.6 Å². The number of aliphatic hydroxyl groups excluding tert-OH is 1. The maximum Gasteiger partial charge on any atom is 0.180 e. The molecule has 1 aromatic rings. The Hall–Kier alpha value is -1.46. The van der Waals surface area contributed by atoms with E-state index in [1.165, 1.54) is 25.3 Å². The van der Waals surface area contributed by atoms with E-state index in [0.717, 1.165) is 32.2 Å². The van der Waals surface area contributed by atoms with E-state index in [1.807, 2.05) is 0 Å². The van der Waals surface area contributed by atoms with Crippen molar-refractivity contribution in [3.8, 4) is 5.75 Å². The average Bonchev–Trinajstić information content (AvgIpc) is 2.92. The van der Waals surface area contributed by atoms with Crippen LogP contribution in [0.15, 0.2) is 18.2 Å². The number of aliphatic hydroxyl groups is 1. The van der Waals surface area contributed by atoms with Crippen molar-refractivity contribution in [2.24, 2.45) is 0 Å². The molecule has 1 atom stereocenters. The summed E-state index contributed by atoms with van der Waals surface area (Å²) in [6.07, 6.45) is 3.75. The number of halogens is 1. The number of rotatable bonds is 7. The van der Waals surface area contributed by atoms with Gasteiger partial charge in [0, 0.05) is 12.6 Å². The fourth-order valence-corrected chi connectivity index (χ4v) is 2.92. The molecule has 21 heavy (non-hydrogen) atoms. The number of Topliss-reactive ketones (excluding diaryl/α,β-unsaturated/α-hetero) is 1. The van der Waals surface area contributed by atoms with Crippen LogP contribution in [-0.2, 0) is 0 Å². The topological polar surface area (TPSA) is 49.8 Å². The van der Waals surface area contributed by atoms with Crippen molar-refractivity contribution < 1.29 is 19.0 Å². The van der Waals surface area contributed by atoms with Gasteiger partial charge in [-0.2, -0.15) is 0 Å². The van der Waals surface area contributed by atoms with Crippen LogP contribution in [-0.4, -0.2) is 48.6 Å². The second-order valence-electron chi connectivity index (χ2n) is 5.40. The lowest BCUT2D eigenvalue weighted by Gasteiger charge is -2.23. The van der Waals surface area contributed by atoms with E-state index in [4.69, 9.17) is 9.84 Å². The summed E-state index contributed by atoms with van der Waals surface area (Å²) in [5.74, 6) is -0.146. The van der Waals surface area contributed by atoms with E-state index in [1.54, 1.807) is 0 Å². The van der Waals surface area contributed by atoms with Crippen LogP contribution < -0.4 is 4.74 Å². The summed E-state index contributed by atoms with van der Waals surface area (Å²) in [4.78, 5) is 14.5. The molecule has 0 amide bonds. The van der Waals surface area contributed by atoms with Crippen LogP contribution in [0.2, 0.25) is 0 Å². The van der Waals surface area contributed by atoms with Gasteiger partial charge in [-0.15, -0.1) is 0 Å². The highest BCUT2D eigenvalue weighted by Gasteiger charge is 2.27. The number of benzene rings is 1. The molecule has 1 aromatic carbocycles. The van der Waals surface area contributed by atoms with Gasteiger partial charge in [-0.25, -0.2) is 4.39 Å². The van der Waals surface area contributed by atoms with Crippen LogP contribution >= 0.6 is 0 Å². The number of carbonyl (C=O) groups is 1. The smallest absolute Gasteiger partial charge is 0.180 e. The van der Waals surface area contributed by atoms with Crippen LogP contribution in [0.25, 0.3) is 0 Å². The zero-order valence-electron chi connectivity index (χ0n) is 12.3. The minimum absolute atomic E-state index is 0.123. The number of methoxy groups -OCH3 is 1. The van der Waals surface area contributed by atoms with Crippen molar-refractivity contribution in [2.45, 2.75) is 31.7 Å². The Balaban J connectivity index is 2.05. The lowest BCUT2D eigenvalue weighted by atomic mass is 10.1. The molecule has 1 fully saturated rings. The number of hydrogen-bond acceptors (Lipinski definition) is 4. The van der Waals surface area contributed by atoms with Crippen LogP contribution in [0, 0.1) is 5.82 Å². The van der Waals surface area contributed by atoms with Gasteiger partial charge in [0.15, 0.2) is 5.78 Å². The van der Waals surface area contributed by atoms with Crippen molar-refractivity contribution >= 4 is 5.78 Å². The number of carbonyl (C=O) groups excluding carboxylic acids is 1. The number of nitrogens with zero attached hydrogens (tertiary/aromatic N) is 1. The third-order valence-corrected chi connectivity index (χ3v) is 4.00. The monoisotopic (exact) mass is 295 g/mol. The number of likely N-dealkylation sites (tertiary alicyclic amines) is 1. The highest BCUT2D eigenvalue weighted by Crippen LogP contribution is 2.24. The minimum atomic E-state index is -0.433. The fraction of sp³-hybridized carbons (Fsp3) is 0.562.